The molecule has 21 heavy (non-hydrogen) atoms. The Balaban J connectivity index is 2.43. The van der Waals surface area contributed by atoms with Crippen molar-refractivity contribution in [2.24, 2.45) is 5.41 Å². The van der Waals surface area contributed by atoms with Crippen LogP contribution in [-0.4, -0.2) is 23.0 Å². The smallest absolute Gasteiger partial charge is 0.321 e. The summed E-state index contributed by atoms with van der Waals surface area (Å²) in [4.78, 5) is 34.1. The summed E-state index contributed by atoms with van der Waals surface area (Å²) in [5.41, 5.74) is -0.341. The van der Waals surface area contributed by atoms with E-state index in [0.717, 1.165) is 10.0 Å². The van der Waals surface area contributed by atoms with Crippen LogP contribution in [0.4, 0.5) is 4.79 Å². The van der Waals surface area contributed by atoms with E-state index in [1.165, 1.54) is 13.8 Å². The van der Waals surface area contributed by atoms with E-state index < -0.39 is 23.3 Å². The fourth-order valence-corrected chi connectivity index (χ4v) is 1.97. The van der Waals surface area contributed by atoms with Gasteiger partial charge in [-0.15, -0.1) is 0 Å². The second-order valence-electron chi connectivity index (χ2n) is 5.23. The molecule has 0 saturated heterocycles. The standard InChI is InChI=1S/C14H17BrN2O4/c1-14(2,12(19)20)7-11(18)17-13(21)16-8-9-4-3-5-10(15)6-9/h3-6H,7-8H2,1-2H3,(H,19,20)(H2,16,17,18,21). The molecule has 114 valence electrons. The third kappa shape index (κ3) is 5.95. The first kappa shape index (κ1) is 17.2. The SMILES string of the molecule is CC(C)(CC(=O)NC(=O)NCc1cccc(Br)c1)C(=O)O. The molecule has 0 aromatic heterocycles. The van der Waals surface area contributed by atoms with E-state index in [0.29, 0.717) is 0 Å². The van der Waals surface area contributed by atoms with Crippen LogP contribution in [0.1, 0.15) is 25.8 Å². The van der Waals surface area contributed by atoms with Gasteiger partial charge in [0.2, 0.25) is 5.91 Å². The molecular weight excluding hydrogens is 340 g/mol. The third-order valence-electron chi connectivity index (χ3n) is 2.78. The number of imide groups is 1. The first-order chi connectivity index (χ1) is 9.70. The first-order valence-corrected chi connectivity index (χ1v) is 7.05. The Morgan fingerprint density at radius 1 is 1.29 bits per heavy atom. The number of aliphatic carboxylic acids is 1. The van der Waals surface area contributed by atoms with Crippen LogP contribution in [-0.2, 0) is 16.1 Å². The Labute approximate surface area is 131 Å². The summed E-state index contributed by atoms with van der Waals surface area (Å²) in [6, 6.07) is 6.72. The molecule has 0 unspecified atom stereocenters. The molecule has 0 radical (unpaired) electrons. The van der Waals surface area contributed by atoms with Crippen LogP contribution < -0.4 is 10.6 Å². The maximum Gasteiger partial charge on any atom is 0.321 e. The minimum absolute atomic E-state index is 0.265. The number of hydrogen-bond acceptors (Lipinski definition) is 3. The number of carboxylic acids is 1. The van der Waals surface area contributed by atoms with E-state index >= 15 is 0 Å². The van der Waals surface area contributed by atoms with Crippen molar-refractivity contribution >= 4 is 33.8 Å². The molecule has 0 bridgehead atoms. The molecule has 3 amide bonds. The van der Waals surface area contributed by atoms with Gasteiger partial charge in [0.15, 0.2) is 0 Å². The number of urea groups is 1. The zero-order valence-electron chi connectivity index (χ0n) is 11.8. The lowest BCUT2D eigenvalue weighted by Crippen LogP contribution is -2.41. The highest BCUT2D eigenvalue weighted by molar-refractivity contribution is 9.10. The summed E-state index contributed by atoms with van der Waals surface area (Å²) >= 11 is 3.32. The molecule has 0 aliphatic rings. The summed E-state index contributed by atoms with van der Waals surface area (Å²) in [6.07, 6.45) is -0.271. The normalized spacial score (nSPS) is 10.8. The summed E-state index contributed by atoms with van der Waals surface area (Å²) in [5, 5.41) is 13.6. The minimum Gasteiger partial charge on any atom is -0.481 e. The van der Waals surface area contributed by atoms with Crippen molar-refractivity contribution in [1.82, 2.24) is 10.6 Å². The van der Waals surface area contributed by atoms with E-state index in [9.17, 15) is 14.4 Å². The molecule has 3 N–H and O–H groups in total. The van der Waals surface area contributed by atoms with E-state index in [1.54, 1.807) is 0 Å². The zero-order valence-corrected chi connectivity index (χ0v) is 13.4. The predicted octanol–water partition coefficient (Wildman–Crippen LogP) is 2.28. The number of nitrogens with one attached hydrogen (secondary N) is 2. The van der Waals surface area contributed by atoms with Crippen molar-refractivity contribution in [2.75, 3.05) is 0 Å². The molecule has 0 saturated carbocycles. The van der Waals surface area contributed by atoms with Gasteiger partial charge in [-0.2, -0.15) is 0 Å². The monoisotopic (exact) mass is 356 g/mol. The summed E-state index contributed by atoms with van der Waals surface area (Å²) in [5.74, 6) is -1.72. The number of carbonyl (C=O) groups excluding carboxylic acids is 2. The Bertz CT molecular complexity index is 558. The average molecular weight is 357 g/mol. The number of rotatable bonds is 5. The zero-order chi connectivity index (χ0) is 16.0. The first-order valence-electron chi connectivity index (χ1n) is 6.26. The van der Waals surface area contributed by atoms with E-state index in [1.807, 2.05) is 24.3 Å². The van der Waals surface area contributed by atoms with Crippen LogP contribution in [0, 0.1) is 5.41 Å². The van der Waals surface area contributed by atoms with Crippen molar-refractivity contribution in [2.45, 2.75) is 26.8 Å². The molecule has 0 heterocycles. The Hall–Kier alpha value is -1.89. The second-order valence-corrected chi connectivity index (χ2v) is 6.14. The van der Waals surface area contributed by atoms with Gasteiger partial charge in [-0.1, -0.05) is 28.1 Å². The van der Waals surface area contributed by atoms with Crippen molar-refractivity contribution < 1.29 is 19.5 Å². The molecule has 0 aliphatic carbocycles. The number of carboxylic acid groups (broad SMARTS) is 1. The highest BCUT2D eigenvalue weighted by Crippen LogP contribution is 2.19. The third-order valence-corrected chi connectivity index (χ3v) is 3.27. The van der Waals surface area contributed by atoms with Gasteiger partial charge in [-0.3, -0.25) is 14.9 Å². The van der Waals surface area contributed by atoms with Crippen LogP contribution in [0.15, 0.2) is 28.7 Å². The predicted molar refractivity (Wildman–Crippen MR) is 80.6 cm³/mol. The van der Waals surface area contributed by atoms with Crippen LogP contribution in [0.5, 0.6) is 0 Å². The van der Waals surface area contributed by atoms with Gasteiger partial charge in [0, 0.05) is 17.4 Å². The number of halogens is 1. The molecule has 0 aliphatic heterocycles. The van der Waals surface area contributed by atoms with Gasteiger partial charge < -0.3 is 10.4 Å². The lowest BCUT2D eigenvalue weighted by Gasteiger charge is -2.17. The Morgan fingerprint density at radius 3 is 2.52 bits per heavy atom. The molecule has 7 heteroatoms. The van der Waals surface area contributed by atoms with Crippen molar-refractivity contribution in [3.63, 3.8) is 0 Å². The van der Waals surface area contributed by atoms with Crippen LogP contribution >= 0.6 is 15.9 Å². The lowest BCUT2D eigenvalue weighted by molar-refractivity contribution is -0.149. The fraction of sp³-hybridized carbons (Fsp3) is 0.357. The quantitative estimate of drug-likeness (QED) is 0.753. The van der Waals surface area contributed by atoms with E-state index in [-0.39, 0.29) is 13.0 Å². The highest BCUT2D eigenvalue weighted by atomic mass is 79.9. The molecule has 0 spiro atoms. The molecule has 1 rings (SSSR count). The van der Waals surface area contributed by atoms with E-state index in [2.05, 4.69) is 26.6 Å². The van der Waals surface area contributed by atoms with Gasteiger partial charge in [-0.25, -0.2) is 4.79 Å². The number of benzene rings is 1. The van der Waals surface area contributed by atoms with Crippen LogP contribution in [0.3, 0.4) is 0 Å². The minimum atomic E-state index is -1.21. The number of amides is 3. The van der Waals surface area contributed by atoms with Gasteiger partial charge in [0.25, 0.3) is 0 Å². The largest absolute Gasteiger partial charge is 0.481 e. The van der Waals surface area contributed by atoms with Crippen molar-refractivity contribution in [3.05, 3.63) is 34.3 Å². The fourth-order valence-electron chi connectivity index (χ4n) is 1.52. The molecule has 0 fully saturated rings. The van der Waals surface area contributed by atoms with Gasteiger partial charge in [0.1, 0.15) is 0 Å². The number of carbonyl (C=O) groups is 3. The summed E-state index contributed by atoms with van der Waals surface area (Å²) in [6.45, 7) is 3.11. The Kier molecular flexibility index (Phi) is 5.90. The molecule has 6 nitrogen and oxygen atoms in total. The molecular formula is C14H17BrN2O4. The number of hydrogen-bond donors (Lipinski definition) is 3. The second kappa shape index (κ2) is 7.21. The van der Waals surface area contributed by atoms with Gasteiger partial charge in [0.05, 0.1) is 5.41 Å². The topological polar surface area (TPSA) is 95.5 Å². The van der Waals surface area contributed by atoms with Crippen LogP contribution in [0.25, 0.3) is 0 Å². The molecule has 0 atom stereocenters. The van der Waals surface area contributed by atoms with Gasteiger partial charge in [-0.05, 0) is 31.5 Å². The van der Waals surface area contributed by atoms with E-state index in [4.69, 9.17) is 5.11 Å². The lowest BCUT2D eigenvalue weighted by atomic mass is 9.89. The van der Waals surface area contributed by atoms with Crippen molar-refractivity contribution in [1.29, 1.82) is 0 Å². The molecule has 1 aromatic rings. The average Bonchev–Trinajstić information content (AvgIpc) is 2.35. The maximum absolute atomic E-state index is 11.6. The maximum atomic E-state index is 11.6. The summed E-state index contributed by atoms with van der Waals surface area (Å²) in [7, 11) is 0. The molecule has 1 aromatic carbocycles. The van der Waals surface area contributed by atoms with Crippen LogP contribution in [0.2, 0.25) is 0 Å². The highest BCUT2D eigenvalue weighted by Gasteiger charge is 2.30. The van der Waals surface area contributed by atoms with Gasteiger partial charge >= 0.3 is 12.0 Å². The van der Waals surface area contributed by atoms with Crippen molar-refractivity contribution in [3.8, 4) is 0 Å². The Morgan fingerprint density at radius 2 is 1.95 bits per heavy atom. The summed E-state index contributed by atoms with van der Waals surface area (Å²) < 4.78 is 0.890.